The van der Waals surface area contributed by atoms with Crippen molar-refractivity contribution < 1.29 is 9.90 Å². The number of aromatic carboxylic acids is 1. The number of hydrogen-bond donors (Lipinski definition) is 1. The van der Waals surface area contributed by atoms with Crippen LogP contribution in [0.2, 0.25) is 0 Å². The van der Waals surface area contributed by atoms with E-state index in [9.17, 15) is 9.59 Å². The van der Waals surface area contributed by atoms with E-state index in [0.717, 1.165) is 0 Å². The van der Waals surface area contributed by atoms with Crippen LogP contribution in [-0.2, 0) is 7.05 Å². The van der Waals surface area contributed by atoms with E-state index in [1.165, 1.54) is 15.2 Å². The van der Waals surface area contributed by atoms with Crippen LogP contribution in [0.15, 0.2) is 11.0 Å². The van der Waals surface area contributed by atoms with Crippen LogP contribution >= 0.6 is 0 Å². The standard InChI is InChI=1S/C12H11N3O3/c1-6-7(2)15-10(8(6)4-13)14(3)5-9(11(15)16)12(17)18/h5H,1-3H3,(H,17,18). The molecule has 0 aliphatic rings. The SMILES string of the molecule is Cc1c(C#N)c2n(C)cc(C(=O)O)c(=O)n2c1C. The molecule has 0 saturated heterocycles. The number of fused-ring (bicyclic) bond motifs is 1. The zero-order valence-electron chi connectivity index (χ0n) is 10.2. The summed E-state index contributed by atoms with van der Waals surface area (Å²) in [6, 6.07) is 2.05. The molecule has 92 valence electrons. The molecule has 0 unspecified atom stereocenters. The maximum Gasteiger partial charge on any atom is 0.342 e. The molecule has 0 radical (unpaired) electrons. The molecule has 0 atom stereocenters. The molecule has 0 amide bonds. The molecule has 0 aliphatic heterocycles. The lowest BCUT2D eigenvalue weighted by atomic mass is 10.2. The summed E-state index contributed by atoms with van der Waals surface area (Å²) in [4.78, 5) is 23.1. The minimum atomic E-state index is -1.28. The fourth-order valence-corrected chi connectivity index (χ4v) is 2.08. The van der Waals surface area contributed by atoms with Crippen molar-refractivity contribution in [2.45, 2.75) is 13.8 Å². The Labute approximate surface area is 102 Å². The fraction of sp³-hybridized carbons (Fsp3) is 0.250. The summed E-state index contributed by atoms with van der Waals surface area (Å²) in [5.41, 5.74) is 1.16. The molecule has 0 aliphatic carbocycles. The van der Waals surface area contributed by atoms with Crippen molar-refractivity contribution in [3.05, 3.63) is 38.9 Å². The number of carbonyl (C=O) groups is 1. The lowest BCUT2D eigenvalue weighted by Crippen LogP contribution is -2.25. The first kappa shape index (κ1) is 11.9. The zero-order chi connectivity index (χ0) is 13.6. The fourth-order valence-electron chi connectivity index (χ4n) is 2.08. The second-order valence-electron chi connectivity index (χ2n) is 4.12. The number of aromatic nitrogens is 2. The average Bonchev–Trinajstić information content (AvgIpc) is 2.57. The van der Waals surface area contributed by atoms with E-state index in [1.807, 2.05) is 6.07 Å². The highest BCUT2D eigenvalue weighted by Crippen LogP contribution is 2.20. The van der Waals surface area contributed by atoms with Crippen molar-refractivity contribution >= 4 is 11.6 Å². The second-order valence-corrected chi connectivity index (χ2v) is 4.12. The molecule has 0 bridgehead atoms. The van der Waals surface area contributed by atoms with E-state index in [4.69, 9.17) is 10.4 Å². The van der Waals surface area contributed by atoms with E-state index in [0.29, 0.717) is 22.5 Å². The van der Waals surface area contributed by atoms with E-state index in [2.05, 4.69) is 0 Å². The third-order valence-corrected chi connectivity index (χ3v) is 3.12. The van der Waals surface area contributed by atoms with Gasteiger partial charge in [0.05, 0.1) is 5.56 Å². The summed E-state index contributed by atoms with van der Waals surface area (Å²) in [6.07, 6.45) is 1.24. The van der Waals surface area contributed by atoms with Gasteiger partial charge in [0.2, 0.25) is 0 Å². The van der Waals surface area contributed by atoms with Crippen LogP contribution in [0.4, 0.5) is 0 Å². The van der Waals surface area contributed by atoms with Gasteiger partial charge in [0.25, 0.3) is 5.56 Å². The van der Waals surface area contributed by atoms with Crippen LogP contribution in [0.5, 0.6) is 0 Å². The van der Waals surface area contributed by atoms with E-state index >= 15 is 0 Å². The summed E-state index contributed by atoms with van der Waals surface area (Å²) < 4.78 is 2.76. The Morgan fingerprint density at radius 2 is 2.06 bits per heavy atom. The predicted molar refractivity (Wildman–Crippen MR) is 63.8 cm³/mol. The van der Waals surface area contributed by atoms with Gasteiger partial charge in [-0.15, -0.1) is 0 Å². The quantitative estimate of drug-likeness (QED) is 0.805. The number of carboxylic acid groups (broad SMARTS) is 1. The van der Waals surface area contributed by atoms with Crippen LogP contribution in [-0.4, -0.2) is 20.0 Å². The van der Waals surface area contributed by atoms with Gasteiger partial charge >= 0.3 is 5.97 Å². The zero-order valence-corrected chi connectivity index (χ0v) is 10.2. The molecule has 18 heavy (non-hydrogen) atoms. The maximum atomic E-state index is 12.1. The van der Waals surface area contributed by atoms with Crippen molar-refractivity contribution in [2.24, 2.45) is 7.05 Å². The molecule has 0 aromatic carbocycles. The lowest BCUT2D eigenvalue weighted by molar-refractivity contribution is 0.0694. The Morgan fingerprint density at radius 1 is 1.44 bits per heavy atom. The summed E-state index contributed by atoms with van der Waals surface area (Å²) in [7, 11) is 1.61. The van der Waals surface area contributed by atoms with E-state index in [-0.39, 0.29) is 5.56 Å². The predicted octanol–water partition coefficient (Wildman–Crippen LogP) is 0.825. The average molecular weight is 245 g/mol. The Hall–Kier alpha value is -2.55. The Balaban J connectivity index is 3.14. The first-order chi connectivity index (χ1) is 8.40. The van der Waals surface area contributed by atoms with Crippen LogP contribution in [0, 0.1) is 25.2 Å². The van der Waals surface area contributed by atoms with Crippen molar-refractivity contribution in [2.75, 3.05) is 0 Å². The molecule has 6 nitrogen and oxygen atoms in total. The molecule has 2 heterocycles. The van der Waals surface area contributed by atoms with Gasteiger partial charge in [-0.1, -0.05) is 0 Å². The van der Waals surface area contributed by atoms with Gasteiger partial charge in [-0.05, 0) is 19.4 Å². The number of carboxylic acids is 1. The minimum Gasteiger partial charge on any atom is -0.477 e. The number of rotatable bonds is 1. The van der Waals surface area contributed by atoms with Gasteiger partial charge in [0.15, 0.2) is 0 Å². The first-order valence-electron chi connectivity index (χ1n) is 5.24. The first-order valence-corrected chi connectivity index (χ1v) is 5.24. The van der Waals surface area contributed by atoms with Crippen LogP contribution < -0.4 is 5.56 Å². The van der Waals surface area contributed by atoms with Crippen molar-refractivity contribution in [1.82, 2.24) is 8.97 Å². The van der Waals surface area contributed by atoms with Gasteiger partial charge in [-0.2, -0.15) is 5.26 Å². The smallest absolute Gasteiger partial charge is 0.342 e. The number of nitriles is 1. The minimum absolute atomic E-state index is 0.312. The number of hydrogen-bond acceptors (Lipinski definition) is 3. The molecule has 2 aromatic heterocycles. The van der Waals surface area contributed by atoms with Crippen LogP contribution in [0.3, 0.4) is 0 Å². The van der Waals surface area contributed by atoms with Crippen molar-refractivity contribution in [1.29, 1.82) is 5.26 Å². The normalized spacial score (nSPS) is 10.6. The van der Waals surface area contributed by atoms with E-state index in [1.54, 1.807) is 20.9 Å². The topological polar surface area (TPSA) is 87.5 Å². The monoisotopic (exact) mass is 245 g/mol. The molecular weight excluding hydrogens is 234 g/mol. The lowest BCUT2D eigenvalue weighted by Gasteiger charge is -2.06. The molecule has 2 aromatic rings. The number of nitrogens with zero attached hydrogens (tertiary/aromatic N) is 3. The highest BCUT2D eigenvalue weighted by atomic mass is 16.4. The third-order valence-electron chi connectivity index (χ3n) is 3.12. The summed E-state index contributed by atoms with van der Waals surface area (Å²) >= 11 is 0. The molecule has 0 spiro atoms. The van der Waals surface area contributed by atoms with Gasteiger partial charge in [-0.25, -0.2) is 4.79 Å². The van der Waals surface area contributed by atoms with Crippen LogP contribution in [0.1, 0.15) is 27.2 Å². The van der Waals surface area contributed by atoms with Gasteiger partial charge in [0.1, 0.15) is 17.3 Å². The van der Waals surface area contributed by atoms with Crippen molar-refractivity contribution in [3.8, 4) is 6.07 Å². The molecule has 0 fully saturated rings. The molecule has 2 rings (SSSR count). The van der Waals surface area contributed by atoms with Gasteiger partial charge < -0.3 is 9.67 Å². The highest BCUT2D eigenvalue weighted by Gasteiger charge is 2.20. The Kier molecular flexibility index (Phi) is 2.47. The molecule has 0 saturated carbocycles. The summed E-state index contributed by atoms with van der Waals surface area (Å²) in [5.74, 6) is -1.28. The highest BCUT2D eigenvalue weighted by molar-refractivity contribution is 5.87. The Morgan fingerprint density at radius 3 is 2.56 bits per heavy atom. The van der Waals surface area contributed by atoms with Gasteiger partial charge in [-0.3, -0.25) is 9.20 Å². The third kappa shape index (κ3) is 1.34. The summed E-state index contributed by atoms with van der Waals surface area (Å²) in [6.45, 7) is 3.43. The maximum absolute atomic E-state index is 12.1. The van der Waals surface area contributed by atoms with Gasteiger partial charge in [0, 0.05) is 18.9 Å². The Bertz CT molecular complexity index is 775. The summed E-state index contributed by atoms with van der Waals surface area (Å²) in [5, 5.41) is 18.1. The van der Waals surface area contributed by atoms with Crippen LogP contribution in [0.25, 0.3) is 5.65 Å². The van der Waals surface area contributed by atoms with E-state index < -0.39 is 11.5 Å². The molecular formula is C12H11N3O3. The molecule has 6 heteroatoms. The van der Waals surface area contributed by atoms with Crippen molar-refractivity contribution in [3.63, 3.8) is 0 Å². The molecule has 1 N–H and O–H groups in total. The number of aryl methyl sites for hydroxylation is 2. The largest absolute Gasteiger partial charge is 0.477 e. The second kappa shape index (κ2) is 3.74.